The summed E-state index contributed by atoms with van der Waals surface area (Å²) in [5.41, 5.74) is 2.02. The van der Waals surface area contributed by atoms with E-state index in [1.165, 1.54) is 15.3 Å². The van der Waals surface area contributed by atoms with E-state index in [9.17, 15) is 9.59 Å². The van der Waals surface area contributed by atoms with Crippen LogP contribution in [0.3, 0.4) is 0 Å². The Labute approximate surface area is 175 Å². The lowest BCUT2D eigenvalue weighted by molar-refractivity contribution is -0.116. The van der Waals surface area contributed by atoms with Crippen LogP contribution in [0, 0.1) is 0 Å². The van der Waals surface area contributed by atoms with Crippen LogP contribution in [0.25, 0.3) is 16.8 Å². The smallest absolute Gasteiger partial charge is 0.277 e. The molecule has 0 bridgehead atoms. The summed E-state index contributed by atoms with van der Waals surface area (Å²) in [7, 11) is 0. The third kappa shape index (κ3) is 3.37. The van der Waals surface area contributed by atoms with Gasteiger partial charge in [0.2, 0.25) is 12.7 Å². The van der Waals surface area contributed by atoms with Crippen molar-refractivity contribution >= 4 is 28.7 Å². The molecule has 2 aromatic heterocycles. The predicted octanol–water partition coefficient (Wildman–Crippen LogP) is 3.18. The molecule has 0 saturated heterocycles. The first kappa shape index (κ1) is 18.3. The molecule has 9 heteroatoms. The number of hydrogen-bond acceptors (Lipinski definition) is 5. The molecule has 0 radical (unpaired) electrons. The number of carbonyl (C=O) groups is 1. The van der Waals surface area contributed by atoms with Crippen LogP contribution in [0.2, 0.25) is 5.02 Å². The summed E-state index contributed by atoms with van der Waals surface area (Å²) >= 11 is 5.93. The molecule has 1 aliphatic rings. The maximum absolute atomic E-state index is 12.9. The zero-order valence-corrected chi connectivity index (χ0v) is 16.3. The molecule has 1 aliphatic heterocycles. The highest BCUT2D eigenvalue weighted by atomic mass is 35.5. The third-order valence-corrected chi connectivity index (χ3v) is 4.93. The van der Waals surface area contributed by atoms with Crippen LogP contribution in [0.4, 0.5) is 5.69 Å². The Balaban J connectivity index is 1.41. The van der Waals surface area contributed by atoms with Crippen molar-refractivity contribution in [3.8, 4) is 22.8 Å². The number of ether oxygens (including phenoxy) is 2. The average molecular weight is 423 g/mol. The first-order valence-electron chi connectivity index (χ1n) is 9.11. The van der Waals surface area contributed by atoms with Crippen LogP contribution in [-0.4, -0.2) is 26.9 Å². The second-order valence-corrected chi connectivity index (χ2v) is 7.15. The Morgan fingerprint density at radius 1 is 1.10 bits per heavy atom. The number of halogens is 1. The molecule has 4 aromatic rings. The summed E-state index contributed by atoms with van der Waals surface area (Å²) in [5, 5.41) is 7.70. The van der Waals surface area contributed by atoms with Crippen LogP contribution in [0.1, 0.15) is 0 Å². The fourth-order valence-electron chi connectivity index (χ4n) is 3.27. The van der Waals surface area contributed by atoms with Crippen molar-refractivity contribution in [2.75, 3.05) is 12.1 Å². The molecule has 2 aromatic carbocycles. The van der Waals surface area contributed by atoms with Crippen LogP contribution in [0.15, 0.2) is 65.7 Å². The van der Waals surface area contributed by atoms with Gasteiger partial charge < -0.3 is 19.4 Å². The minimum Gasteiger partial charge on any atom is -0.454 e. The van der Waals surface area contributed by atoms with E-state index in [-0.39, 0.29) is 24.8 Å². The van der Waals surface area contributed by atoms with Crippen LogP contribution in [0.5, 0.6) is 11.5 Å². The minimum absolute atomic E-state index is 0.133. The Morgan fingerprint density at radius 2 is 1.97 bits per heavy atom. The number of benzene rings is 2. The highest BCUT2D eigenvalue weighted by Crippen LogP contribution is 2.35. The number of rotatable bonds is 4. The molecule has 8 nitrogen and oxygen atoms in total. The molecule has 1 N–H and O–H groups in total. The maximum atomic E-state index is 12.9. The molecule has 0 unspecified atom stereocenters. The Kier molecular flexibility index (Phi) is 4.40. The van der Waals surface area contributed by atoms with Crippen LogP contribution in [-0.2, 0) is 11.3 Å². The number of anilines is 1. The van der Waals surface area contributed by atoms with Crippen molar-refractivity contribution < 1.29 is 14.3 Å². The van der Waals surface area contributed by atoms with Gasteiger partial charge in [-0.1, -0.05) is 17.7 Å². The van der Waals surface area contributed by atoms with Gasteiger partial charge >= 0.3 is 0 Å². The first-order chi connectivity index (χ1) is 14.6. The van der Waals surface area contributed by atoms with Gasteiger partial charge in [0.1, 0.15) is 12.1 Å². The standard InChI is InChI=1S/C21H15ClN4O4/c22-14-2-1-3-15(9-14)23-20(27)11-25-6-7-26-17(21(25)28)10-16(24-26)13-4-5-18-19(8-13)30-12-29-18/h1-10H,11-12H2,(H,23,27). The van der Waals surface area contributed by atoms with Crippen molar-refractivity contribution in [3.05, 3.63) is 76.3 Å². The van der Waals surface area contributed by atoms with Gasteiger partial charge in [0.05, 0.1) is 5.69 Å². The average Bonchev–Trinajstić information content (AvgIpc) is 3.36. The summed E-state index contributed by atoms with van der Waals surface area (Å²) in [6.45, 7) is 0.0539. The minimum atomic E-state index is -0.334. The predicted molar refractivity (Wildman–Crippen MR) is 111 cm³/mol. The van der Waals surface area contributed by atoms with Crippen molar-refractivity contribution in [2.45, 2.75) is 6.54 Å². The number of carbonyl (C=O) groups excluding carboxylic acids is 1. The lowest BCUT2D eigenvalue weighted by Gasteiger charge is -2.08. The van der Waals surface area contributed by atoms with Gasteiger partial charge in [-0.2, -0.15) is 5.10 Å². The Bertz CT molecular complexity index is 1340. The SMILES string of the molecule is O=C(Cn1ccn2nc(-c3ccc4c(c3)OCO4)cc2c1=O)Nc1cccc(Cl)c1. The number of nitrogens with one attached hydrogen (secondary N) is 1. The molecule has 30 heavy (non-hydrogen) atoms. The molecule has 0 atom stereocenters. The topological polar surface area (TPSA) is 86.9 Å². The van der Waals surface area contributed by atoms with Crippen molar-refractivity contribution in [2.24, 2.45) is 0 Å². The summed E-state index contributed by atoms with van der Waals surface area (Å²) in [6, 6.07) is 14.0. The number of hydrogen-bond donors (Lipinski definition) is 1. The van der Waals surface area contributed by atoms with E-state index in [4.69, 9.17) is 21.1 Å². The molecule has 5 rings (SSSR count). The molecule has 0 spiro atoms. The van der Waals surface area contributed by atoms with Gasteiger partial charge in [-0.15, -0.1) is 0 Å². The largest absolute Gasteiger partial charge is 0.454 e. The van der Waals surface area contributed by atoms with Gasteiger partial charge in [0, 0.05) is 28.7 Å². The van der Waals surface area contributed by atoms with Gasteiger partial charge in [-0.05, 0) is 42.5 Å². The van der Waals surface area contributed by atoms with E-state index in [1.54, 1.807) is 42.6 Å². The van der Waals surface area contributed by atoms with E-state index in [0.29, 0.717) is 33.4 Å². The van der Waals surface area contributed by atoms with E-state index < -0.39 is 0 Å². The second kappa shape index (κ2) is 7.23. The van der Waals surface area contributed by atoms with Crippen molar-refractivity contribution in [3.63, 3.8) is 0 Å². The fraction of sp³-hybridized carbons (Fsp3) is 0.0952. The third-order valence-electron chi connectivity index (χ3n) is 4.69. The molecule has 0 aliphatic carbocycles. The van der Waals surface area contributed by atoms with Crippen LogP contribution >= 0.6 is 11.6 Å². The highest BCUT2D eigenvalue weighted by Gasteiger charge is 2.16. The molecule has 150 valence electrons. The summed E-state index contributed by atoms with van der Waals surface area (Å²) < 4.78 is 13.6. The molecular formula is C21H15ClN4O4. The lowest BCUT2D eigenvalue weighted by atomic mass is 10.1. The fourth-order valence-corrected chi connectivity index (χ4v) is 3.46. The zero-order valence-electron chi connectivity index (χ0n) is 15.5. The van der Waals surface area contributed by atoms with Gasteiger partial charge in [0.15, 0.2) is 11.5 Å². The van der Waals surface area contributed by atoms with Crippen molar-refractivity contribution in [1.29, 1.82) is 0 Å². The van der Waals surface area contributed by atoms with Gasteiger partial charge in [0.25, 0.3) is 5.56 Å². The normalized spacial score (nSPS) is 12.3. The molecule has 0 fully saturated rings. The van der Waals surface area contributed by atoms with E-state index >= 15 is 0 Å². The van der Waals surface area contributed by atoms with Gasteiger partial charge in [-0.25, -0.2) is 4.52 Å². The van der Waals surface area contributed by atoms with E-state index in [2.05, 4.69) is 10.4 Å². The van der Waals surface area contributed by atoms with E-state index in [1.807, 2.05) is 12.1 Å². The number of aromatic nitrogens is 3. The molecular weight excluding hydrogens is 408 g/mol. The number of amides is 1. The van der Waals surface area contributed by atoms with Crippen molar-refractivity contribution in [1.82, 2.24) is 14.2 Å². The number of fused-ring (bicyclic) bond motifs is 2. The molecule has 3 heterocycles. The molecule has 1 amide bonds. The monoisotopic (exact) mass is 422 g/mol. The quantitative estimate of drug-likeness (QED) is 0.545. The molecule has 0 saturated carbocycles. The lowest BCUT2D eigenvalue weighted by Crippen LogP contribution is -2.28. The van der Waals surface area contributed by atoms with E-state index in [0.717, 1.165) is 5.56 Å². The Morgan fingerprint density at radius 3 is 2.83 bits per heavy atom. The maximum Gasteiger partial charge on any atom is 0.277 e. The Hall–Kier alpha value is -3.78. The van der Waals surface area contributed by atoms with Crippen LogP contribution < -0.4 is 20.3 Å². The first-order valence-corrected chi connectivity index (χ1v) is 9.49. The van der Waals surface area contributed by atoms with Gasteiger partial charge in [-0.3, -0.25) is 9.59 Å². The number of nitrogens with zero attached hydrogens (tertiary/aromatic N) is 3. The summed E-state index contributed by atoms with van der Waals surface area (Å²) in [5.74, 6) is 0.981. The highest BCUT2D eigenvalue weighted by molar-refractivity contribution is 6.30. The second-order valence-electron chi connectivity index (χ2n) is 6.72. The summed E-state index contributed by atoms with van der Waals surface area (Å²) in [6.07, 6.45) is 3.17. The summed E-state index contributed by atoms with van der Waals surface area (Å²) in [4.78, 5) is 25.2. The zero-order chi connectivity index (χ0) is 20.7.